The van der Waals surface area contributed by atoms with E-state index in [0.29, 0.717) is 25.9 Å². The van der Waals surface area contributed by atoms with E-state index in [0.717, 1.165) is 20.8 Å². The number of carbonyl (C=O) groups is 2. The summed E-state index contributed by atoms with van der Waals surface area (Å²) in [5, 5.41) is 10.2. The number of aromatic nitrogens is 1. The second-order valence-corrected chi connectivity index (χ2v) is 9.12. The Morgan fingerprint density at radius 3 is 2.00 bits per heavy atom. The number of carbonyl (C=O) groups excluding carboxylic acids is 1. The first-order valence-corrected chi connectivity index (χ1v) is 11.6. The van der Waals surface area contributed by atoms with E-state index in [2.05, 4.69) is 32.5 Å². The zero-order valence-electron chi connectivity index (χ0n) is 17.5. The minimum atomic E-state index is -1.10. The van der Waals surface area contributed by atoms with Crippen molar-refractivity contribution in [2.24, 2.45) is 5.41 Å². The number of halogens is 1. The molecule has 2 heterocycles. The van der Waals surface area contributed by atoms with Gasteiger partial charge in [0.05, 0.1) is 8.99 Å². The number of para-hydroxylation sites is 2. The number of pyridine rings is 1. The Bertz CT molecular complexity index is 1040. The van der Waals surface area contributed by atoms with Crippen molar-refractivity contribution < 1.29 is 14.7 Å². The number of anilines is 3. The molecule has 1 aromatic heterocycles. The molecule has 32 heavy (non-hydrogen) atoms. The van der Waals surface area contributed by atoms with E-state index < -0.39 is 11.4 Å². The molecule has 1 saturated heterocycles. The van der Waals surface area contributed by atoms with Gasteiger partial charge in [0.15, 0.2) is 0 Å². The van der Waals surface area contributed by atoms with Gasteiger partial charge in [0.1, 0.15) is 5.82 Å². The van der Waals surface area contributed by atoms with Crippen LogP contribution in [0.25, 0.3) is 0 Å². The van der Waals surface area contributed by atoms with E-state index in [1.165, 1.54) is 0 Å². The molecule has 1 amide bonds. The average Bonchev–Trinajstić information content (AvgIpc) is 2.81. The van der Waals surface area contributed by atoms with Crippen LogP contribution in [0.2, 0.25) is 0 Å². The summed E-state index contributed by atoms with van der Waals surface area (Å²) in [4.78, 5) is 34.2. The minimum Gasteiger partial charge on any atom is -0.481 e. The van der Waals surface area contributed by atoms with Crippen molar-refractivity contribution in [3.63, 3.8) is 0 Å². The molecule has 1 aliphatic heterocycles. The Kier molecular flexibility index (Phi) is 6.74. The van der Waals surface area contributed by atoms with Crippen molar-refractivity contribution >= 4 is 51.7 Å². The maximum absolute atomic E-state index is 13.6. The van der Waals surface area contributed by atoms with Crippen LogP contribution in [0, 0.1) is 8.99 Å². The Morgan fingerprint density at radius 1 is 0.938 bits per heavy atom. The standard InChI is InChI=1S/C25H24IN3O3/c26-21-12-7-15-27-23(21)28-16-13-25(14-17-28,24(31)32)18-22(30)29(19-8-3-1-4-9-19)20-10-5-2-6-11-20/h1-12,15H,13-14,16-18H2,(H,31,32). The number of rotatable bonds is 6. The third-order valence-corrected chi connectivity index (χ3v) is 6.82. The molecule has 0 radical (unpaired) electrons. The van der Waals surface area contributed by atoms with Crippen molar-refractivity contribution in [3.05, 3.63) is 82.6 Å². The summed E-state index contributed by atoms with van der Waals surface area (Å²) in [5.41, 5.74) is 0.352. The van der Waals surface area contributed by atoms with Gasteiger partial charge in [-0.05, 0) is 71.8 Å². The molecule has 7 heteroatoms. The first-order valence-electron chi connectivity index (χ1n) is 10.5. The highest BCUT2D eigenvalue weighted by Crippen LogP contribution is 2.39. The van der Waals surface area contributed by atoms with Gasteiger partial charge in [-0.15, -0.1) is 0 Å². The summed E-state index contributed by atoms with van der Waals surface area (Å²) >= 11 is 2.25. The van der Waals surface area contributed by atoms with E-state index in [4.69, 9.17) is 0 Å². The van der Waals surface area contributed by atoms with Crippen LogP contribution in [-0.4, -0.2) is 35.1 Å². The summed E-state index contributed by atoms with van der Waals surface area (Å²) in [7, 11) is 0. The van der Waals surface area contributed by atoms with Crippen LogP contribution in [0.5, 0.6) is 0 Å². The summed E-state index contributed by atoms with van der Waals surface area (Å²) in [6.07, 6.45) is 2.47. The number of aliphatic carboxylic acids is 1. The maximum Gasteiger partial charge on any atom is 0.310 e. The van der Waals surface area contributed by atoms with Crippen LogP contribution in [-0.2, 0) is 9.59 Å². The predicted octanol–water partition coefficient (Wildman–Crippen LogP) is 5.11. The lowest BCUT2D eigenvalue weighted by Crippen LogP contribution is -2.47. The summed E-state index contributed by atoms with van der Waals surface area (Å²) in [6, 6.07) is 22.6. The SMILES string of the molecule is O=C(CC1(C(=O)O)CCN(c2ncccc2I)CC1)N(c1ccccc1)c1ccccc1. The van der Waals surface area contributed by atoms with E-state index in [-0.39, 0.29) is 12.3 Å². The van der Waals surface area contributed by atoms with Crippen LogP contribution >= 0.6 is 22.6 Å². The largest absolute Gasteiger partial charge is 0.481 e. The fourth-order valence-corrected chi connectivity index (χ4v) is 4.87. The highest BCUT2D eigenvalue weighted by Gasteiger charge is 2.44. The molecule has 3 aromatic rings. The lowest BCUT2D eigenvalue weighted by atomic mass is 9.75. The fourth-order valence-electron chi connectivity index (χ4n) is 4.18. The third-order valence-electron chi connectivity index (χ3n) is 5.98. The maximum atomic E-state index is 13.6. The Hall–Kier alpha value is -2.94. The van der Waals surface area contributed by atoms with E-state index in [1.54, 1.807) is 11.1 Å². The molecule has 164 valence electrons. The fraction of sp³-hybridized carbons (Fsp3) is 0.240. The third kappa shape index (κ3) is 4.62. The molecule has 0 saturated carbocycles. The first-order chi connectivity index (χ1) is 15.5. The zero-order valence-corrected chi connectivity index (χ0v) is 19.7. The molecule has 0 atom stereocenters. The molecule has 0 unspecified atom stereocenters. The van der Waals surface area contributed by atoms with E-state index >= 15 is 0 Å². The van der Waals surface area contributed by atoms with Gasteiger partial charge in [-0.2, -0.15) is 0 Å². The highest BCUT2D eigenvalue weighted by molar-refractivity contribution is 14.1. The molecule has 1 fully saturated rings. The summed E-state index contributed by atoms with van der Waals surface area (Å²) < 4.78 is 1.03. The van der Waals surface area contributed by atoms with Gasteiger partial charge in [-0.25, -0.2) is 4.98 Å². The van der Waals surface area contributed by atoms with Gasteiger partial charge in [0.2, 0.25) is 5.91 Å². The first kappa shape index (κ1) is 22.3. The monoisotopic (exact) mass is 541 g/mol. The molecule has 2 aromatic carbocycles. The molecule has 0 aliphatic carbocycles. The van der Waals surface area contributed by atoms with Crippen molar-refractivity contribution in [2.75, 3.05) is 22.9 Å². The molecule has 4 rings (SSSR count). The Labute approximate surface area is 201 Å². The number of nitrogens with zero attached hydrogens (tertiary/aromatic N) is 3. The van der Waals surface area contributed by atoms with Crippen LogP contribution in [0.15, 0.2) is 79.0 Å². The number of hydrogen-bond donors (Lipinski definition) is 1. The number of benzene rings is 2. The van der Waals surface area contributed by atoms with Crippen molar-refractivity contribution in [1.29, 1.82) is 0 Å². The predicted molar refractivity (Wildman–Crippen MR) is 133 cm³/mol. The number of hydrogen-bond acceptors (Lipinski definition) is 4. The second-order valence-electron chi connectivity index (χ2n) is 7.96. The number of amides is 1. The normalized spacial score (nSPS) is 15.2. The van der Waals surface area contributed by atoms with E-state index in [1.807, 2.05) is 72.8 Å². The van der Waals surface area contributed by atoms with Crippen LogP contribution in [0.1, 0.15) is 19.3 Å². The zero-order chi connectivity index (χ0) is 22.6. The number of carboxylic acids is 1. The minimum absolute atomic E-state index is 0.0563. The molecule has 1 aliphatic rings. The number of carboxylic acid groups (broad SMARTS) is 1. The highest BCUT2D eigenvalue weighted by atomic mass is 127. The Morgan fingerprint density at radius 2 is 1.50 bits per heavy atom. The smallest absolute Gasteiger partial charge is 0.310 e. The van der Waals surface area contributed by atoms with Gasteiger partial charge in [0.25, 0.3) is 0 Å². The van der Waals surface area contributed by atoms with Gasteiger partial charge in [0, 0.05) is 37.1 Å². The van der Waals surface area contributed by atoms with Gasteiger partial charge in [-0.3, -0.25) is 14.5 Å². The van der Waals surface area contributed by atoms with Crippen LogP contribution < -0.4 is 9.80 Å². The lowest BCUT2D eigenvalue weighted by Gasteiger charge is -2.40. The average molecular weight is 541 g/mol. The van der Waals surface area contributed by atoms with Crippen molar-refractivity contribution in [3.8, 4) is 0 Å². The molecule has 0 bridgehead atoms. The molecule has 0 spiro atoms. The van der Waals surface area contributed by atoms with Crippen molar-refractivity contribution in [1.82, 2.24) is 4.98 Å². The van der Waals surface area contributed by atoms with Gasteiger partial charge >= 0.3 is 5.97 Å². The quantitative estimate of drug-likeness (QED) is 0.439. The Balaban J connectivity index is 1.58. The lowest BCUT2D eigenvalue weighted by molar-refractivity contribution is -0.152. The van der Waals surface area contributed by atoms with Gasteiger partial charge in [-0.1, -0.05) is 36.4 Å². The van der Waals surface area contributed by atoms with E-state index in [9.17, 15) is 14.7 Å². The number of piperidine rings is 1. The topological polar surface area (TPSA) is 73.7 Å². The second kappa shape index (κ2) is 9.68. The summed E-state index contributed by atoms with van der Waals surface area (Å²) in [6.45, 7) is 1.09. The van der Waals surface area contributed by atoms with Crippen LogP contribution in [0.4, 0.5) is 17.2 Å². The van der Waals surface area contributed by atoms with Crippen LogP contribution in [0.3, 0.4) is 0 Å². The molecular weight excluding hydrogens is 517 g/mol. The van der Waals surface area contributed by atoms with Crippen molar-refractivity contribution in [2.45, 2.75) is 19.3 Å². The molecular formula is C25H24IN3O3. The summed E-state index contributed by atoms with van der Waals surface area (Å²) in [5.74, 6) is -0.262. The van der Waals surface area contributed by atoms with Gasteiger partial charge < -0.3 is 10.0 Å². The molecule has 6 nitrogen and oxygen atoms in total. The molecule has 1 N–H and O–H groups in total.